The van der Waals surface area contributed by atoms with E-state index in [1.807, 2.05) is 35.7 Å². The number of thioether (sulfide) groups is 1. The van der Waals surface area contributed by atoms with Gasteiger partial charge in [-0.15, -0.1) is 0 Å². The molecule has 0 amide bonds. The van der Waals surface area contributed by atoms with Gasteiger partial charge in [-0.2, -0.15) is 5.26 Å². The molecule has 0 bridgehead atoms. The Morgan fingerprint density at radius 2 is 2.09 bits per heavy atom. The van der Waals surface area contributed by atoms with Crippen LogP contribution in [-0.4, -0.2) is 17.0 Å². The molecule has 0 atom stereocenters. The van der Waals surface area contributed by atoms with Crippen molar-refractivity contribution in [1.29, 1.82) is 5.26 Å². The summed E-state index contributed by atoms with van der Waals surface area (Å²) in [6.07, 6.45) is 1.64. The number of nitriles is 1. The largest absolute Gasteiger partial charge is 0.357 e. The van der Waals surface area contributed by atoms with Crippen molar-refractivity contribution < 1.29 is 0 Å². The molecule has 22 heavy (non-hydrogen) atoms. The molecule has 1 aliphatic heterocycles. The zero-order valence-corrected chi connectivity index (χ0v) is 12.7. The Morgan fingerprint density at radius 1 is 1.27 bits per heavy atom. The molecule has 0 saturated carbocycles. The zero-order chi connectivity index (χ0) is 15.4. The van der Waals surface area contributed by atoms with Crippen molar-refractivity contribution in [3.05, 3.63) is 64.3 Å². The molecule has 1 aromatic heterocycles. The SMILES string of the molecule is CNc1nccc(/C(C#N)=C2/NC(c3ccccc3)=CS2)n1. The van der Waals surface area contributed by atoms with Gasteiger partial charge in [0.05, 0.1) is 16.4 Å². The van der Waals surface area contributed by atoms with E-state index in [9.17, 15) is 5.26 Å². The molecule has 5 nitrogen and oxygen atoms in total. The first kappa shape index (κ1) is 14.2. The summed E-state index contributed by atoms with van der Waals surface area (Å²) in [6, 6.07) is 14.0. The van der Waals surface area contributed by atoms with E-state index in [1.165, 1.54) is 11.8 Å². The van der Waals surface area contributed by atoms with Gasteiger partial charge in [0.15, 0.2) is 0 Å². The van der Waals surface area contributed by atoms with Gasteiger partial charge in [0.1, 0.15) is 11.6 Å². The Labute approximate surface area is 132 Å². The first-order valence-corrected chi connectivity index (χ1v) is 7.54. The summed E-state index contributed by atoms with van der Waals surface area (Å²) in [5.41, 5.74) is 3.17. The number of benzene rings is 1. The number of allylic oxidation sites excluding steroid dienone is 1. The average Bonchev–Trinajstić information content (AvgIpc) is 3.06. The van der Waals surface area contributed by atoms with Crippen molar-refractivity contribution >= 4 is 29.0 Å². The predicted molar refractivity (Wildman–Crippen MR) is 89.3 cm³/mol. The van der Waals surface area contributed by atoms with Crippen LogP contribution in [0.25, 0.3) is 11.3 Å². The van der Waals surface area contributed by atoms with E-state index in [1.54, 1.807) is 19.3 Å². The van der Waals surface area contributed by atoms with Gasteiger partial charge < -0.3 is 10.6 Å². The molecule has 0 fully saturated rings. The Balaban J connectivity index is 1.92. The highest BCUT2D eigenvalue weighted by Gasteiger charge is 2.18. The van der Waals surface area contributed by atoms with Gasteiger partial charge in [-0.05, 0) is 11.6 Å². The minimum Gasteiger partial charge on any atom is -0.357 e. The molecule has 2 aromatic rings. The smallest absolute Gasteiger partial charge is 0.222 e. The topological polar surface area (TPSA) is 73.6 Å². The van der Waals surface area contributed by atoms with E-state index < -0.39 is 0 Å². The van der Waals surface area contributed by atoms with Crippen LogP contribution in [0.1, 0.15) is 11.3 Å². The third kappa shape index (κ3) is 2.80. The van der Waals surface area contributed by atoms with Crippen LogP contribution >= 0.6 is 11.8 Å². The molecule has 0 saturated heterocycles. The van der Waals surface area contributed by atoms with Crippen molar-refractivity contribution in [2.45, 2.75) is 0 Å². The van der Waals surface area contributed by atoms with Crippen LogP contribution < -0.4 is 10.6 Å². The summed E-state index contributed by atoms with van der Waals surface area (Å²) in [6.45, 7) is 0. The van der Waals surface area contributed by atoms with Crippen LogP contribution in [0, 0.1) is 11.3 Å². The Kier molecular flexibility index (Phi) is 4.08. The van der Waals surface area contributed by atoms with Crippen molar-refractivity contribution in [2.75, 3.05) is 12.4 Å². The minimum absolute atomic E-state index is 0.491. The summed E-state index contributed by atoms with van der Waals surface area (Å²) in [7, 11) is 1.75. The monoisotopic (exact) mass is 307 g/mol. The summed E-state index contributed by atoms with van der Waals surface area (Å²) >= 11 is 1.49. The predicted octanol–water partition coefficient (Wildman–Crippen LogP) is 3.05. The quantitative estimate of drug-likeness (QED) is 0.849. The lowest BCUT2D eigenvalue weighted by Crippen LogP contribution is -2.07. The van der Waals surface area contributed by atoms with Gasteiger partial charge in [-0.3, -0.25) is 0 Å². The second-order valence-electron chi connectivity index (χ2n) is 4.47. The first-order valence-electron chi connectivity index (χ1n) is 6.66. The average molecular weight is 307 g/mol. The number of anilines is 1. The van der Waals surface area contributed by atoms with Crippen LogP contribution in [0.2, 0.25) is 0 Å². The molecular formula is C16H13N5S. The summed E-state index contributed by atoms with van der Waals surface area (Å²) in [5, 5.41) is 18.4. The maximum atomic E-state index is 9.50. The van der Waals surface area contributed by atoms with E-state index in [4.69, 9.17) is 0 Å². The highest BCUT2D eigenvalue weighted by Crippen LogP contribution is 2.34. The van der Waals surface area contributed by atoms with Gasteiger partial charge in [0, 0.05) is 18.7 Å². The van der Waals surface area contributed by atoms with E-state index in [-0.39, 0.29) is 0 Å². The first-order chi connectivity index (χ1) is 10.8. The van der Waals surface area contributed by atoms with Crippen LogP contribution in [0.4, 0.5) is 5.95 Å². The van der Waals surface area contributed by atoms with Crippen molar-refractivity contribution in [2.24, 2.45) is 0 Å². The van der Waals surface area contributed by atoms with Gasteiger partial charge in [0.2, 0.25) is 5.95 Å². The highest BCUT2D eigenvalue weighted by atomic mass is 32.2. The number of hydrogen-bond donors (Lipinski definition) is 2. The fraction of sp³-hybridized carbons (Fsp3) is 0.0625. The van der Waals surface area contributed by atoms with Crippen molar-refractivity contribution in [1.82, 2.24) is 15.3 Å². The third-order valence-corrected chi connectivity index (χ3v) is 4.00. The summed E-state index contributed by atoms with van der Waals surface area (Å²) in [4.78, 5) is 8.39. The van der Waals surface area contributed by atoms with Crippen LogP contribution in [0.5, 0.6) is 0 Å². The zero-order valence-electron chi connectivity index (χ0n) is 11.9. The standard InChI is InChI=1S/C16H13N5S/c1-18-16-19-8-7-13(21-16)12(9-17)15-20-14(10-22-15)11-5-3-2-4-6-11/h2-8,10,20H,1H3,(H,18,19,21)/b15-12-. The second kappa shape index (κ2) is 6.33. The Morgan fingerprint density at radius 3 is 2.82 bits per heavy atom. The summed E-state index contributed by atoms with van der Waals surface area (Å²) < 4.78 is 0. The number of aromatic nitrogens is 2. The number of nitrogens with one attached hydrogen (secondary N) is 2. The number of nitrogens with zero attached hydrogens (tertiary/aromatic N) is 3. The lowest BCUT2D eigenvalue weighted by molar-refractivity contribution is 1.12. The van der Waals surface area contributed by atoms with E-state index in [0.717, 1.165) is 16.3 Å². The molecule has 6 heteroatoms. The maximum Gasteiger partial charge on any atom is 0.222 e. The van der Waals surface area contributed by atoms with Gasteiger partial charge in [-0.25, -0.2) is 9.97 Å². The molecule has 1 aromatic carbocycles. The maximum absolute atomic E-state index is 9.50. The summed E-state index contributed by atoms with van der Waals surface area (Å²) in [5.74, 6) is 0.491. The molecule has 108 valence electrons. The molecule has 0 radical (unpaired) electrons. The van der Waals surface area contributed by atoms with E-state index in [2.05, 4.69) is 26.7 Å². The molecule has 0 spiro atoms. The molecule has 2 heterocycles. The molecule has 2 N–H and O–H groups in total. The molecule has 1 aliphatic rings. The van der Waals surface area contributed by atoms with Crippen LogP contribution in [0.3, 0.4) is 0 Å². The lowest BCUT2D eigenvalue weighted by Gasteiger charge is -2.08. The van der Waals surface area contributed by atoms with Gasteiger partial charge >= 0.3 is 0 Å². The minimum atomic E-state index is 0.491. The molecule has 0 unspecified atom stereocenters. The highest BCUT2D eigenvalue weighted by molar-refractivity contribution is 8.06. The van der Waals surface area contributed by atoms with Crippen LogP contribution in [0.15, 0.2) is 53.0 Å². The van der Waals surface area contributed by atoms with Crippen molar-refractivity contribution in [3.63, 3.8) is 0 Å². The van der Waals surface area contributed by atoms with Gasteiger partial charge in [0.25, 0.3) is 0 Å². The molecular weight excluding hydrogens is 294 g/mol. The van der Waals surface area contributed by atoms with E-state index in [0.29, 0.717) is 17.2 Å². The second-order valence-corrected chi connectivity index (χ2v) is 5.35. The fourth-order valence-electron chi connectivity index (χ4n) is 2.02. The lowest BCUT2D eigenvalue weighted by atomic mass is 10.1. The number of hydrogen-bond acceptors (Lipinski definition) is 6. The van der Waals surface area contributed by atoms with E-state index >= 15 is 0 Å². The van der Waals surface area contributed by atoms with Gasteiger partial charge in [-0.1, -0.05) is 42.1 Å². The normalized spacial score (nSPS) is 15.5. The molecule has 3 rings (SSSR count). The van der Waals surface area contributed by atoms with Crippen molar-refractivity contribution in [3.8, 4) is 6.07 Å². The Hall–Kier alpha value is -2.78. The molecule has 0 aliphatic carbocycles. The van der Waals surface area contributed by atoms with Crippen LogP contribution in [-0.2, 0) is 0 Å². The fourth-order valence-corrected chi connectivity index (χ4v) is 2.89. The Bertz CT molecular complexity index is 790. The number of rotatable bonds is 3. The third-order valence-electron chi connectivity index (χ3n) is 3.10.